The van der Waals surface area contributed by atoms with Crippen LogP contribution in [-0.4, -0.2) is 30.5 Å². The van der Waals surface area contributed by atoms with Gasteiger partial charge in [-0.25, -0.2) is 0 Å². The number of Topliss-reactive ketones (excluding diaryl/α,β-unsaturated/α-hetero) is 1. The molecule has 0 saturated heterocycles. The molecule has 0 saturated carbocycles. The summed E-state index contributed by atoms with van der Waals surface area (Å²) in [7, 11) is 1.58. The van der Waals surface area contributed by atoms with E-state index in [2.05, 4.69) is 13.8 Å². The maximum atomic E-state index is 13.2. The molecule has 1 aliphatic heterocycles. The molecule has 2 aromatic rings. The van der Waals surface area contributed by atoms with E-state index in [-0.39, 0.29) is 18.7 Å². The predicted molar refractivity (Wildman–Crippen MR) is 120 cm³/mol. The van der Waals surface area contributed by atoms with Crippen molar-refractivity contribution in [2.24, 2.45) is 5.92 Å². The fourth-order valence-corrected chi connectivity index (χ4v) is 3.87. The Hall–Kier alpha value is -2.86. The van der Waals surface area contributed by atoms with Gasteiger partial charge in [-0.15, -0.1) is 0 Å². The minimum Gasteiger partial charge on any atom is -0.493 e. The van der Waals surface area contributed by atoms with E-state index in [1.807, 2.05) is 37.3 Å². The first-order valence-corrected chi connectivity index (χ1v) is 10.6. The first kappa shape index (κ1) is 22.8. The number of hydrogen-bond acceptors (Lipinski definition) is 5. The van der Waals surface area contributed by atoms with Gasteiger partial charge in [0.25, 0.3) is 5.91 Å². The average molecular weight is 426 g/mol. The lowest BCUT2D eigenvalue weighted by molar-refractivity contribution is -0.141. The van der Waals surface area contributed by atoms with Gasteiger partial charge in [-0.05, 0) is 49.9 Å². The van der Waals surface area contributed by atoms with Gasteiger partial charge < -0.3 is 19.5 Å². The van der Waals surface area contributed by atoms with Crippen molar-refractivity contribution in [2.75, 3.05) is 18.6 Å². The zero-order valence-corrected chi connectivity index (χ0v) is 18.9. The van der Waals surface area contributed by atoms with Crippen LogP contribution in [0.5, 0.6) is 11.5 Å². The number of ether oxygens (including phenoxy) is 2. The third kappa shape index (κ3) is 4.74. The third-order valence-corrected chi connectivity index (χ3v) is 5.51. The van der Waals surface area contributed by atoms with Crippen LogP contribution in [-0.2, 0) is 21.7 Å². The molecule has 0 bridgehead atoms. The molecule has 0 fully saturated rings. The second kappa shape index (κ2) is 9.10. The molecule has 1 aliphatic rings. The standard InChI is InChI=1S/C25H31NO5/c1-16(2)10-11-31-22-9-7-19(13-23(22)30-5)15-26-21-8-6-17(3)12-20(21)25(29,24(26)28)14-18(4)27/h6-9,12-13,16,29H,10-11,14-15H2,1-5H3. The highest BCUT2D eigenvalue weighted by molar-refractivity contribution is 6.08. The zero-order valence-electron chi connectivity index (χ0n) is 18.9. The van der Waals surface area contributed by atoms with Crippen LogP contribution in [0.2, 0.25) is 0 Å². The summed E-state index contributed by atoms with van der Waals surface area (Å²) in [5.74, 6) is 1.07. The molecule has 31 heavy (non-hydrogen) atoms. The van der Waals surface area contributed by atoms with E-state index in [4.69, 9.17) is 9.47 Å². The summed E-state index contributed by atoms with van der Waals surface area (Å²) in [6, 6.07) is 11.1. The molecule has 3 rings (SSSR count). The summed E-state index contributed by atoms with van der Waals surface area (Å²) in [6.07, 6.45) is 0.697. The number of carbonyl (C=O) groups excluding carboxylic acids is 2. The minimum atomic E-state index is -1.84. The third-order valence-electron chi connectivity index (χ3n) is 5.51. The van der Waals surface area contributed by atoms with E-state index in [9.17, 15) is 14.7 Å². The molecule has 1 heterocycles. The number of nitrogens with zero attached hydrogens (tertiary/aromatic N) is 1. The molecular weight excluding hydrogens is 394 g/mol. The van der Waals surface area contributed by atoms with E-state index >= 15 is 0 Å². The summed E-state index contributed by atoms with van der Waals surface area (Å²) in [5.41, 5.74) is 1.01. The lowest BCUT2D eigenvalue weighted by atomic mass is 9.89. The van der Waals surface area contributed by atoms with Crippen LogP contribution in [0.4, 0.5) is 5.69 Å². The maximum Gasteiger partial charge on any atom is 0.264 e. The molecule has 2 aromatic carbocycles. The van der Waals surface area contributed by atoms with Crippen LogP contribution in [0.3, 0.4) is 0 Å². The molecular formula is C25H31NO5. The van der Waals surface area contributed by atoms with Crippen LogP contribution in [0.15, 0.2) is 36.4 Å². The molecule has 6 nitrogen and oxygen atoms in total. The molecule has 1 amide bonds. The SMILES string of the molecule is COc1cc(CN2C(=O)C(O)(CC(C)=O)c3cc(C)ccc32)ccc1OCCC(C)C. The van der Waals surface area contributed by atoms with Gasteiger partial charge in [-0.3, -0.25) is 9.59 Å². The normalized spacial score (nSPS) is 17.8. The summed E-state index contributed by atoms with van der Waals surface area (Å²) in [4.78, 5) is 26.6. The average Bonchev–Trinajstić information content (AvgIpc) is 2.89. The number of amides is 1. The summed E-state index contributed by atoms with van der Waals surface area (Å²) >= 11 is 0. The zero-order chi connectivity index (χ0) is 22.8. The Morgan fingerprint density at radius 3 is 2.55 bits per heavy atom. The van der Waals surface area contributed by atoms with Gasteiger partial charge in [-0.1, -0.05) is 37.6 Å². The fraction of sp³-hybridized carbons (Fsp3) is 0.440. The van der Waals surface area contributed by atoms with Crippen molar-refractivity contribution < 1.29 is 24.2 Å². The maximum absolute atomic E-state index is 13.2. The highest BCUT2D eigenvalue weighted by atomic mass is 16.5. The van der Waals surface area contributed by atoms with Crippen molar-refractivity contribution in [1.82, 2.24) is 0 Å². The number of hydrogen-bond donors (Lipinski definition) is 1. The van der Waals surface area contributed by atoms with Crippen LogP contribution in [0, 0.1) is 12.8 Å². The van der Waals surface area contributed by atoms with Crippen LogP contribution >= 0.6 is 0 Å². The quantitative estimate of drug-likeness (QED) is 0.653. The Kier molecular flexibility index (Phi) is 6.70. The second-order valence-electron chi connectivity index (χ2n) is 8.67. The molecule has 1 atom stereocenters. The Labute approximate surface area is 183 Å². The van der Waals surface area contributed by atoms with Gasteiger partial charge in [-0.2, -0.15) is 0 Å². The number of carbonyl (C=O) groups is 2. The lowest BCUT2D eigenvalue weighted by Gasteiger charge is -2.22. The Bertz CT molecular complexity index is 984. The van der Waals surface area contributed by atoms with E-state index in [1.165, 1.54) is 11.8 Å². The number of rotatable bonds is 9. The Morgan fingerprint density at radius 2 is 1.90 bits per heavy atom. The van der Waals surface area contributed by atoms with Gasteiger partial charge in [0.1, 0.15) is 5.78 Å². The smallest absolute Gasteiger partial charge is 0.264 e. The number of methoxy groups -OCH3 is 1. The van der Waals surface area contributed by atoms with Crippen molar-refractivity contribution in [2.45, 2.75) is 52.7 Å². The molecule has 0 radical (unpaired) electrons. The van der Waals surface area contributed by atoms with Crippen molar-refractivity contribution >= 4 is 17.4 Å². The minimum absolute atomic E-state index is 0.241. The van der Waals surface area contributed by atoms with Gasteiger partial charge in [0.2, 0.25) is 0 Å². The van der Waals surface area contributed by atoms with Crippen molar-refractivity contribution in [3.63, 3.8) is 0 Å². The summed E-state index contributed by atoms with van der Waals surface area (Å²) < 4.78 is 11.3. The van der Waals surface area contributed by atoms with Crippen molar-refractivity contribution in [1.29, 1.82) is 0 Å². The molecule has 0 aromatic heterocycles. The Balaban J connectivity index is 1.88. The molecule has 166 valence electrons. The van der Waals surface area contributed by atoms with Crippen molar-refractivity contribution in [3.8, 4) is 11.5 Å². The van der Waals surface area contributed by atoms with Crippen LogP contribution in [0.1, 0.15) is 50.3 Å². The molecule has 0 spiro atoms. The number of fused-ring (bicyclic) bond motifs is 1. The van der Waals surface area contributed by atoms with Crippen molar-refractivity contribution in [3.05, 3.63) is 53.1 Å². The van der Waals surface area contributed by atoms with Gasteiger partial charge in [0.15, 0.2) is 17.1 Å². The van der Waals surface area contributed by atoms with E-state index in [1.54, 1.807) is 13.2 Å². The largest absolute Gasteiger partial charge is 0.493 e. The summed E-state index contributed by atoms with van der Waals surface area (Å²) in [5, 5.41) is 11.2. The first-order valence-electron chi connectivity index (χ1n) is 10.6. The number of ketones is 1. The van der Waals surface area contributed by atoms with Crippen LogP contribution in [0.25, 0.3) is 0 Å². The Morgan fingerprint density at radius 1 is 1.16 bits per heavy atom. The van der Waals surface area contributed by atoms with Gasteiger partial charge >= 0.3 is 0 Å². The lowest BCUT2D eigenvalue weighted by Crippen LogP contribution is -2.41. The number of aliphatic hydroxyl groups is 1. The second-order valence-corrected chi connectivity index (χ2v) is 8.67. The molecule has 1 unspecified atom stereocenters. The highest BCUT2D eigenvalue weighted by Crippen LogP contribution is 2.44. The van der Waals surface area contributed by atoms with E-state index in [0.29, 0.717) is 35.3 Å². The topological polar surface area (TPSA) is 76.1 Å². The number of aryl methyl sites for hydroxylation is 1. The number of anilines is 1. The molecule has 1 N–H and O–H groups in total. The first-order chi connectivity index (χ1) is 14.7. The van der Waals surface area contributed by atoms with Gasteiger partial charge in [0, 0.05) is 12.0 Å². The fourth-order valence-electron chi connectivity index (χ4n) is 3.87. The number of benzene rings is 2. The van der Waals surface area contributed by atoms with E-state index in [0.717, 1.165) is 17.5 Å². The van der Waals surface area contributed by atoms with Gasteiger partial charge in [0.05, 0.1) is 25.9 Å². The van der Waals surface area contributed by atoms with Crippen LogP contribution < -0.4 is 14.4 Å². The molecule has 6 heteroatoms. The molecule has 0 aliphatic carbocycles. The highest BCUT2D eigenvalue weighted by Gasteiger charge is 2.50. The predicted octanol–water partition coefficient (Wildman–Crippen LogP) is 4.14. The van der Waals surface area contributed by atoms with E-state index < -0.39 is 11.5 Å². The summed E-state index contributed by atoms with van der Waals surface area (Å²) in [6.45, 7) is 8.41. The monoisotopic (exact) mass is 425 g/mol.